The Morgan fingerprint density at radius 3 is 2.08 bits per heavy atom. The second-order valence-electron chi connectivity index (χ2n) is 6.95. The van der Waals surface area contributed by atoms with E-state index in [2.05, 4.69) is 42.6 Å². The molecule has 0 saturated carbocycles. The van der Waals surface area contributed by atoms with Crippen LogP contribution in [0.2, 0.25) is 10.0 Å². The number of halogens is 2. The van der Waals surface area contributed by atoms with Crippen molar-refractivity contribution in [1.29, 1.82) is 0 Å². The summed E-state index contributed by atoms with van der Waals surface area (Å²) in [6.45, 7) is 2.84. The number of nitrogens with one attached hydrogen (secondary N) is 1. The number of fused-ring (bicyclic) bond motifs is 1. The fourth-order valence-corrected chi connectivity index (χ4v) is 4.64. The van der Waals surface area contributed by atoms with E-state index in [1.807, 2.05) is 24.3 Å². The van der Waals surface area contributed by atoms with Gasteiger partial charge in [-0.25, -0.2) is 0 Å². The van der Waals surface area contributed by atoms with Crippen LogP contribution in [-0.2, 0) is 4.79 Å². The van der Waals surface area contributed by atoms with Crippen molar-refractivity contribution in [2.45, 2.75) is 18.8 Å². The smallest absolute Gasteiger partial charge is 0.227 e. The van der Waals surface area contributed by atoms with E-state index in [1.54, 1.807) is 0 Å². The van der Waals surface area contributed by atoms with Gasteiger partial charge in [-0.3, -0.25) is 4.79 Å². The van der Waals surface area contributed by atoms with E-state index in [1.165, 1.54) is 16.7 Å². The van der Waals surface area contributed by atoms with Crippen molar-refractivity contribution in [3.8, 4) is 0 Å². The van der Waals surface area contributed by atoms with Crippen LogP contribution in [0, 0.1) is 11.8 Å². The molecule has 4 atom stereocenters. The molecule has 0 unspecified atom stereocenters. The highest BCUT2D eigenvalue weighted by Crippen LogP contribution is 2.51. The summed E-state index contributed by atoms with van der Waals surface area (Å²) in [4.78, 5) is 12.3. The molecule has 2 aromatic carbocycles. The van der Waals surface area contributed by atoms with Gasteiger partial charge in [-0.15, -0.1) is 0 Å². The van der Waals surface area contributed by atoms with Crippen molar-refractivity contribution in [3.05, 3.63) is 81.4 Å². The Balaban J connectivity index is 1.84. The first-order valence-electron chi connectivity index (χ1n) is 8.51. The highest BCUT2D eigenvalue weighted by atomic mass is 35.5. The van der Waals surface area contributed by atoms with E-state index in [4.69, 9.17) is 23.2 Å². The van der Waals surface area contributed by atoms with Crippen molar-refractivity contribution in [2.24, 2.45) is 11.8 Å². The molecule has 0 radical (unpaired) electrons. The molecule has 1 aliphatic heterocycles. The minimum atomic E-state index is -0.0516. The summed E-state index contributed by atoms with van der Waals surface area (Å²) in [6.07, 6.45) is 2.15. The summed E-state index contributed by atoms with van der Waals surface area (Å²) in [5, 5.41) is 4.51. The van der Waals surface area contributed by atoms with Gasteiger partial charge in [-0.1, -0.05) is 59.1 Å². The first kappa shape index (κ1) is 16.7. The minimum Gasteiger partial charge on any atom is -0.355 e. The summed E-state index contributed by atoms with van der Waals surface area (Å²) < 4.78 is 0. The van der Waals surface area contributed by atoms with Crippen LogP contribution in [0.5, 0.6) is 0 Å². The number of benzene rings is 2. The summed E-state index contributed by atoms with van der Waals surface area (Å²) in [7, 11) is 0. The molecular weight excluding hydrogens is 353 g/mol. The maximum atomic E-state index is 12.3. The van der Waals surface area contributed by atoms with Crippen LogP contribution < -0.4 is 5.32 Å². The van der Waals surface area contributed by atoms with Crippen molar-refractivity contribution in [3.63, 3.8) is 0 Å². The Morgan fingerprint density at radius 2 is 1.48 bits per heavy atom. The SMILES string of the molecule is CC1=C[C@@H]2C(=O)NC[C@H]2[C@@H](c2ccc(Cl)cc2)[C@@H]1c1ccc(Cl)cc1. The van der Waals surface area contributed by atoms with Gasteiger partial charge in [0.05, 0.1) is 5.92 Å². The van der Waals surface area contributed by atoms with Crippen LogP contribution in [0.1, 0.15) is 29.9 Å². The van der Waals surface area contributed by atoms with Gasteiger partial charge in [0.2, 0.25) is 5.91 Å². The molecule has 0 aromatic heterocycles. The van der Waals surface area contributed by atoms with Crippen LogP contribution in [-0.4, -0.2) is 12.5 Å². The normalized spacial score (nSPS) is 28.3. The third kappa shape index (κ3) is 2.98. The highest BCUT2D eigenvalue weighted by molar-refractivity contribution is 6.30. The van der Waals surface area contributed by atoms with Crippen LogP contribution in [0.3, 0.4) is 0 Å². The van der Waals surface area contributed by atoms with E-state index in [9.17, 15) is 4.79 Å². The molecule has 2 aliphatic rings. The molecule has 25 heavy (non-hydrogen) atoms. The van der Waals surface area contributed by atoms with Crippen LogP contribution in [0.15, 0.2) is 60.2 Å². The van der Waals surface area contributed by atoms with Gasteiger partial charge in [0.25, 0.3) is 0 Å². The second kappa shape index (κ2) is 6.51. The fourth-order valence-electron chi connectivity index (χ4n) is 4.39. The standard InChI is InChI=1S/C21H19Cl2NO/c1-12-10-17-18(11-24-21(17)25)20(14-4-8-16(23)9-5-14)19(12)13-2-6-15(22)7-3-13/h2-10,17-20H,11H2,1H3,(H,24,25)/t17-,18+,19-,20+/m0/s1. The van der Waals surface area contributed by atoms with Crippen LogP contribution in [0.4, 0.5) is 0 Å². The Labute approximate surface area is 157 Å². The molecule has 128 valence electrons. The lowest BCUT2D eigenvalue weighted by Crippen LogP contribution is -2.31. The molecule has 0 spiro atoms. The van der Waals surface area contributed by atoms with E-state index >= 15 is 0 Å². The molecule has 1 fully saturated rings. The topological polar surface area (TPSA) is 29.1 Å². The van der Waals surface area contributed by atoms with Crippen molar-refractivity contribution in [1.82, 2.24) is 5.32 Å². The molecule has 2 nitrogen and oxygen atoms in total. The quantitative estimate of drug-likeness (QED) is 0.723. The van der Waals surface area contributed by atoms with Crippen LogP contribution in [0.25, 0.3) is 0 Å². The maximum absolute atomic E-state index is 12.3. The summed E-state index contributed by atoms with van der Waals surface area (Å²) in [6, 6.07) is 16.1. The lowest BCUT2D eigenvalue weighted by Gasteiger charge is -2.38. The highest BCUT2D eigenvalue weighted by Gasteiger charge is 2.46. The van der Waals surface area contributed by atoms with Crippen molar-refractivity contribution < 1.29 is 4.79 Å². The number of hydrogen-bond acceptors (Lipinski definition) is 1. The van der Waals surface area contributed by atoms with E-state index < -0.39 is 0 Å². The zero-order valence-electron chi connectivity index (χ0n) is 13.9. The molecule has 0 bridgehead atoms. The predicted octanol–water partition coefficient (Wildman–Crippen LogP) is 5.18. The molecule has 1 N–H and O–H groups in total. The third-order valence-electron chi connectivity index (χ3n) is 5.51. The summed E-state index contributed by atoms with van der Waals surface area (Å²) >= 11 is 12.2. The number of carbonyl (C=O) groups excluding carboxylic acids is 1. The Bertz CT molecular complexity index is 826. The average Bonchev–Trinajstić information content (AvgIpc) is 2.96. The Kier molecular flexibility index (Phi) is 4.35. The molecule has 2 aromatic rings. The lowest BCUT2D eigenvalue weighted by molar-refractivity contribution is -0.121. The zero-order valence-corrected chi connectivity index (χ0v) is 15.4. The second-order valence-corrected chi connectivity index (χ2v) is 7.82. The molecule has 1 saturated heterocycles. The van der Waals surface area contributed by atoms with E-state index in [0.717, 1.165) is 10.0 Å². The van der Waals surface area contributed by atoms with Gasteiger partial charge in [0.1, 0.15) is 0 Å². The van der Waals surface area contributed by atoms with Gasteiger partial charge in [-0.05, 0) is 48.2 Å². The van der Waals surface area contributed by atoms with Gasteiger partial charge in [0, 0.05) is 28.4 Å². The average molecular weight is 372 g/mol. The predicted molar refractivity (Wildman–Crippen MR) is 102 cm³/mol. The van der Waals surface area contributed by atoms with Gasteiger partial charge >= 0.3 is 0 Å². The Morgan fingerprint density at radius 1 is 0.920 bits per heavy atom. The summed E-state index contributed by atoms with van der Waals surface area (Å²) in [5.74, 6) is 0.792. The molecule has 1 heterocycles. The monoisotopic (exact) mass is 371 g/mol. The van der Waals surface area contributed by atoms with Gasteiger partial charge < -0.3 is 5.32 Å². The van der Waals surface area contributed by atoms with Crippen molar-refractivity contribution >= 4 is 29.1 Å². The molecular formula is C21H19Cl2NO. The lowest BCUT2D eigenvalue weighted by atomic mass is 9.64. The van der Waals surface area contributed by atoms with Gasteiger partial charge in [0.15, 0.2) is 0 Å². The molecule has 1 aliphatic carbocycles. The molecule has 4 rings (SSSR count). The number of hydrogen-bond donors (Lipinski definition) is 1. The maximum Gasteiger partial charge on any atom is 0.227 e. The third-order valence-corrected chi connectivity index (χ3v) is 6.02. The van der Waals surface area contributed by atoms with E-state index in [0.29, 0.717) is 6.54 Å². The van der Waals surface area contributed by atoms with E-state index in [-0.39, 0.29) is 29.6 Å². The fraction of sp³-hybridized carbons (Fsp3) is 0.286. The number of amides is 1. The number of rotatable bonds is 2. The number of allylic oxidation sites excluding steroid dienone is 1. The van der Waals surface area contributed by atoms with Crippen molar-refractivity contribution in [2.75, 3.05) is 6.54 Å². The minimum absolute atomic E-state index is 0.0516. The number of carbonyl (C=O) groups is 1. The molecule has 4 heteroatoms. The Hall–Kier alpha value is -1.77. The van der Waals surface area contributed by atoms with Crippen LogP contribution >= 0.6 is 23.2 Å². The summed E-state index contributed by atoms with van der Waals surface area (Å²) in [5.41, 5.74) is 3.69. The first-order chi connectivity index (χ1) is 12.0. The first-order valence-corrected chi connectivity index (χ1v) is 9.27. The zero-order chi connectivity index (χ0) is 17.6. The largest absolute Gasteiger partial charge is 0.355 e. The van der Waals surface area contributed by atoms with Gasteiger partial charge in [-0.2, -0.15) is 0 Å². The molecule has 1 amide bonds.